The van der Waals surface area contributed by atoms with Gasteiger partial charge in [-0.1, -0.05) is 39.8 Å². The van der Waals surface area contributed by atoms with Crippen LogP contribution in [0.25, 0.3) is 0 Å². The van der Waals surface area contributed by atoms with Crippen molar-refractivity contribution in [2.24, 2.45) is 11.8 Å². The highest BCUT2D eigenvalue weighted by Crippen LogP contribution is 2.31. The number of hydrogen-bond acceptors (Lipinski definition) is 8. The van der Waals surface area contributed by atoms with E-state index in [1.165, 1.54) is 24.1 Å². The molecule has 3 amide bonds. The number of aromatic nitrogens is 2. The summed E-state index contributed by atoms with van der Waals surface area (Å²) >= 11 is 0. The van der Waals surface area contributed by atoms with Gasteiger partial charge >= 0.3 is 0 Å². The van der Waals surface area contributed by atoms with Crippen LogP contribution in [0.1, 0.15) is 86.9 Å². The molecule has 246 valence electrons. The number of ketones is 1. The highest BCUT2D eigenvalue weighted by Gasteiger charge is 2.41. The van der Waals surface area contributed by atoms with E-state index in [0.717, 1.165) is 5.56 Å². The zero-order valence-corrected chi connectivity index (χ0v) is 27.3. The smallest absolute Gasteiger partial charge is 0.286 e. The Balaban J connectivity index is 1.47. The minimum Gasteiger partial charge on any atom is -0.497 e. The van der Waals surface area contributed by atoms with E-state index in [9.17, 15) is 23.6 Å². The van der Waals surface area contributed by atoms with Gasteiger partial charge in [0.15, 0.2) is 0 Å². The molecule has 0 bridgehead atoms. The molecule has 1 fully saturated rings. The maximum Gasteiger partial charge on any atom is 0.286 e. The van der Waals surface area contributed by atoms with Gasteiger partial charge < -0.3 is 24.7 Å². The third kappa shape index (κ3) is 7.43. The molecule has 0 radical (unpaired) electrons. The monoisotopic (exact) mass is 635 g/mol. The fourth-order valence-corrected chi connectivity index (χ4v) is 5.45. The number of benzene rings is 2. The van der Waals surface area contributed by atoms with E-state index in [0.29, 0.717) is 30.7 Å². The SMILES string of the molecule is COc1ccc(C(=O)N[C@H](C(=O)N2CCC[C@H]2C(=O)N[C@@H](C(=O)c2nnc(C(C)(C)c3ccc(F)cc3)o2)C(C)C)C(C)C)cc1. The van der Waals surface area contributed by atoms with Crippen molar-refractivity contribution in [2.75, 3.05) is 13.7 Å². The molecule has 0 aliphatic carbocycles. The van der Waals surface area contributed by atoms with Gasteiger partial charge in [-0.2, -0.15) is 0 Å². The average Bonchev–Trinajstić information content (AvgIpc) is 3.73. The van der Waals surface area contributed by atoms with Crippen LogP contribution < -0.4 is 15.4 Å². The fraction of sp³-hybridized carbons (Fsp3) is 0.471. The van der Waals surface area contributed by atoms with Gasteiger partial charge in [-0.15, -0.1) is 10.2 Å². The maximum atomic E-state index is 13.8. The summed E-state index contributed by atoms with van der Waals surface area (Å²) in [6.07, 6.45) is 0.997. The second-order valence-corrected chi connectivity index (χ2v) is 12.8. The van der Waals surface area contributed by atoms with Crippen molar-refractivity contribution in [2.45, 2.75) is 77.9 Å². The number of rotatable bonds is 12. The van der Waals surface area contributed by atoms with Gasteiger partial charge in [0.05, 0.1) is 18.6 Å². The van der Waals surface area contributed by atoms with Crippen LogP contribution in [0, 0.1) is 17.7 Å². The van der Waals surface area contributed by atoms with Crippen LogP contribution in [0.3, 0.4) is 0 Å². The molecule has 2 aromatic carbocycles. The van der Waals surface area contributed by atoms with E-state index >= 15 is 0 Å². The molecule has 3 atom stereocenters. The number of ether oxygens (including phenoxy) is 1. The molecule has 3 aromatic rings. The number of methoxy groups -OCH3 is 1. The second-order valence-electron chi connectivity index (χ2n) is 12.8. The number of halogens is 1. The first-order valence-electron chi connectivity index (χ1n) is 15.4. The molecule has 0 spiro atoms. The minimum absolute atomic E-state index is 0.167. The van der Waals surface area contributed by atoms with Crippen molar-refractivity contribution in [3.8, 4) is 5.75 Å². The number of nitrogens with one attached hydrogen (secondary N) is 2. The Hall–Kier alpha value is -4.61. The molecule has 1 aromatic heterocycles. The molecule has 0 saturated carbocycles. The largest absolute Gasteiger partial charge is 0.497 e. The quantitative estimate of drug-likeness (QED) is 0.280. The van der Waals surface area contributed by atoms with Crippen molar-refractivity contribution in [1.82, 2.24) is 25.7 Å². The number of likely N-dealkylation sites (tertiary alicyclic amines) is 1. The van der Waals surface area contributed by atoms with Gasteiger partial charge in [-0.3, -0.25) is 19.2 Å². The molecule has 2 N–H and O–H groups in total. The van der Waals surface area contributed by atoms with E-state index in [4.69, 9.17) is 9.15 Å². The van der Waals surface area contributed by atoms with Crippen molar-refractivity contribution >= 4 is 23.5 Å². The first-order chi connectivity index (χ1) is 21.7. The van der Waals surface area contributed by atoms with Crippen molar-refractivity contribution < 1.29 is 32.7 Å². The first-order valence-corrected chi connectivity index (χ1v) is 15.4. The Bertz CT molecular complexity index is 1550. The normalized spacial score (nSPS) is 16.3. The number of nitrogens with zero attached hydrogens (tertiary/aromatic N) is 3. The van der Waals surface area contributed by atoms with Gasteiger partial charge in [0.25, 0.3) is 11.8 Å². The van der Waals surface area contributed by atoms with Crippen LogP contribution in [-0.4, -0.2) is 70.4 Å². The highest BCUT2D eigenvalue weighted by molar-refractivity contribution is 6.01. The molecule has 46 heavy (non-hydrogen) atoms. The highest BCUT2D eigenvalue weighted by atomic mass is 19.1. The van der Waals surface area contributed by atoms with Gasteiger partial charge in [0.2, 0.25) is 23.5 Å². The summed E-state index contributed by atoms with van der Waals surface area (Å²) in [5.41, 5.74) is 0.283. The number of carbonyl (C=O) groups excluding carboxylic acids is 4. The number of hydrogen-bond donors (Lipinski definition) is 2. The first kappa shape index (κ1) is 34.3. The average molecular weight is 636 g/mol. The van der Waals surface area contributed by atoms with Crippen LogP contribution >= 0.6 is 0 Å². The van der Waals surface area contributed by atoms with Crippen molar-refractivity contribution in [3.63, 3.8) is 0 Å². The lowest BCUT2D eigenvalue weighted by Gasteiger charge is -2.31. The molecule has 12 heteroatoms. The molecule has 1 aliphatic rings. The van der Waals surface area contributed by atoms with E-state index < -0.39 is 41.1 Å². The summed E-state index contributed by atoms with van der Waals surface area (Å²) < 4.78 is 24.4. The van der Waals surface area contributed by atoms with E-state index in [2.05, 4.69) is 20.8 Å². The lowest BCUT2D eigenvalue weighted by molar-refractivity contribution is -0.140. The summed E-state index contributed by atoms with van der Waals surface area (Å²) in [7, 11) is 1.53. The Morgan fingerprint density at radius 2 is 1.57 bits per heavy atom. The summed E-state index contributed by atoms with van der Waals surface area (Å²) in [6.45, 7) is 11.2. The van der Waals surface area contributed by atoms with Crippen LogP contribution in [0.2, 0.25) is 0 Å². The summed E-state index contributed by atoms with van der Waals surface area (Å²) in [6, 6.07) is 9.75. The number of Topliss-reactive ketones (excluding diaryl/α,β-unsaturated/α-hetero) is 1. The Labute approximate surface area is 268 Å². The summed E-state index contributed by atoms with van der Waals surface area (Å²) in [5.74, 6) is -2.28. The topological polar surface area (TPSA) is 144 Å². The number of carbonyl (C=O) groups is 4. The van der Waals surface area contributed by atoms with Gasteiger partial charge in [-0.25, -0.2) is 4.39 Å². The zero-order chi connectivity index (χ0) is 33.8. The molecule has 2 heterocycles. The summed E-state index contributed by atoms with van der Waals surface area (Å²) in [5, 5.41) is 13.7. The van der Waals surface area contributed by atoms with Crippen molar-refractivity contribution in [3.05, 3.63) is 77.3 Å². The Morgan fingerprint density at radius 3 is 2.15 bits per heavy atom. The lowest BCUT2D eigenvalue weighted by Crippen LogP contribution is -2.57. The van der Waals surface area contributed by atoms with Crippen LogP contribution in [-0.2, 0) is 15.0 Å². The molecule has 0 unspecified atom stereocenters. The van der Waals surface area contributed by atoms with E-state index in [1.807, 2.05) is 27.7 Å². The third-order valence-corrected chi connectivity index (χ3v) is 8.39. The molecule has 1 aliphatic heterocycles. The predicted molar refractivity (Wildman–Crippen MR) is 168 cm³/mol. The molecule has 11 nitrogen and oxygen atoms in total. The predicted octanol–water partition coefficient (Wildman–Crippen LogP) is 4.31. The lowest BCUT2D eigenvalue weighted by atomic mass is 9.84. The van der Waals surface area contributed by atoms with Crippen molar-refractivity contribution in [1.29, 1.82) is 0 Å². The molecule has 4 rings (SSSR count). The summed E-state index contributed by atoms with van der Waals surface area (Å²) in [4.78, 5) is 55.5. The molecular weight excluding hydrogens is 593 g/mol. The van der Waals surface area contributed by atoms with Gasteiger partial charge in [0, 0.05) is 12.1 Å². The van der Waals surface area contributed by atoms with E-state index in [1.54, 1.807) is 50.2 Å². The second kappa shape index (κ2) is 14.2. The molecule has 1 saturated heterocycles. The maximum absolute atomic E-state index is 13.8. The van der Waals surface area contributed by atoms with Gasteiger partial charge in [0.1, 0.15) is 23.7 Å². The molecular formula is C34H42FN5O6. The Morgan fingerprint density at radius 1 is 0.935 bits per heavy atom. The van der Waals surface area contributed by atoms with Crippen LogP contribution in [0.15, 0.2) is 52.9 Å². The minimum atomic E-state index is -0.997. The zero-order valence-electron chi connectivity index (χ0n) is 27.3. The van der Waals surface area contributed by atoms with E-state index in [-0.39, 0.29) is 35.3 Å². The fourth-order valence-electron chi connectivity index (χ4n) is 5.45. The van der Waals surface area contributed by atoms with Crippen LogP contribution in [0.5, 0.6) is 5.75 Å². The van der Waals surface area contributed by atoms with Crippen LogP contribution in [0.4, 0.5) is 4.39 Å². The number of amides is 3. The standard InChI is InChI=1S/C34H42FN5O6/c1-19(2)26(28(41)31-38-39-33(46-31)34(5,6)22-12-14-23(35)15-13-22)36-30(43)25-9-8-18-40(25)32(44)27(20(3)4)37-29(42)21-10-16-24(45-7)17-11-21/h10-17,19-20,25-27H,8-9,18H2,1-7H3,(H,36,43)(H,37,42)/t25-,26+,27-/m0/s1. The van der Waals surface area contributed by atoms with Gasteiger partial charge in [-0.05, 0) is 80.5 Å². The Kier molecular flexibility index (Phi) is 10.6. The third-order valence-electron chi connectivity index (χ3n) is 8.39.